The summed E-state index contributed by atoms with van der Waals surface area (Å²) >= 11 is 0. The molecule has 0 aromatic heterocycles. The Hall–Kier alpha value is -2.67. The Kier molecular flexibility index (Phi) is 9.11. The number of esters is 1. The Morgan fingerprint density at radius 3 is 2.37 bits per heavy atom. The zero-order chi connectivity index (χ0) is 25.5. The van der Waals surface area contributed by atoms with Gasteiger partial charge in [-0.2, -0.15) is 0 Å². The number of hydrogen-bond donors (Lipinski definition) is 1. The van der Waals surface area contributed by atoms with Crippen LogP contribution in [0.15, 0.2) is 54.6 Å². The summed E-state index contributed by atoms with van der Waals surface area (Å²) in [4.78, 5) is 26.8. The van der Waals surface area contributed by atoms with Gasteiger partial charge in [-0.05, 0) is 55.4 Å². The number of sulfonamides is 1. The van der Waals surface area contributed by atoms with E-state index >= 15 is 0 Å². The first-order valence-electron chi connectivity index (χ1n) is 12.6. The number of Topliss-reactive ketones (excluding diaryl/α,β-unsaturated/α-hetero) is 1. The number of carbonyl (C=O) groups is 2. The van der Waals surface area contributed by atoms with Crippen molar-refractivity contribution in [1.29, 1.82) is 0 Å². The average Bonchev–Trinajstić information content (AvgIpc) is 2.81. The van der Waals surface area contributed by atoms with Crippen LogP contribution >= 0.6 is 0 Å². The Morgan fingerprint density at radius 2 is 1.74 bits per heavy atom. The first-order valence-corrected chi connectivity index (χ1v) is 14.3. The molecule has 0 saturated carbocycles. The van der Waals surface area contributed by atoms with Crippen LogP contribution in [0, 0.1) is 5.92 Å². The highest BCUT2D eigenvalue weighted by Crippen LogP contribution is 2.41. The zero-order valence-electron chi connectivity index (χ0n) is 21.0. The lowest BCUT2D eigenvalue weighted by atomic mass is 9.74. The molecule has 190 valence electrons. The highest BCUT2D eigenvalue weighted by Gasteiger charge is 2.48. The van der Waals surface area contributed by atoms with E-state index in [1.54, 1.807) is 18.2 Å². The molecule has 0 amide bonds. The van der Waals surface area contributed by atoms with Crippen LogP contribution in [0.2, 0.25) is 0 Å². The van der Waals surface area contributed by atoms with E-state index in [9.17, 15) is 18.0 Å². The molecule has 6 nitrogen and oxygen atoms in total. The summed E-state index contributed by atoms with van der Waals surface area (Å²) < 4.78 is 33.1. The van der Waals surface area contributed by atoms with E-state index in [0.29, 0.717) is 31.4 Å². The van der Waals surface area contributed by atoms with E-state index in [1.165, 1.54) is 0 Å². The van der Waals surface area contributed by atoms with Crippen molar-refractivity contribution in [2.75, 3.05) is 10.5 Å². The highest BCUT2D eigenvalue weighted by atomic mass is 32.2. The van der Waals surface area contributed by atoms with E-state index in [4.69, 9.17) is 4.74 Å². The standard InChI is InChI=1S/C28H37NO5S/c1-4-16-28(17-15-21-11-8-7-9-12-21)20-25(30)26(27(31)34-28)24(6-3)22-13-10-14-23(19-22)29-35(32,33)18-5-2/h7-14,19,24,26,29H,4-6,15-18,20H2,1-3H3. The van der Waals surface area contributed by atoms with Gasteiger partial charge >= 0.3 is 5.97 Å². The molecule has 0 bridgehead atoms. The fourth-order valence-corrected chi connectivity index (χ4v) is 6.26. The molecule has 1 fully saturated rings. The molecule has 3 unspecified atom stereocenters. The van der Waals surface area contributed by atoms with Crippen molar-refractivity contribution >= 4 is 27.5 Å². The molecular formula is C28H37NO5S. The number of nitrogens with one attached hydrogen (secondary N) is 1. The number of hydrogen-bond acceptors (Lipinski definition) is 5. The third-order valence-corrected chi connectivity index (χ3v) is 8.23. The first kappa shape index (κ1) is 26.9. The van der Waals surface area contributed by atoms with Crippen LogP contribution < -0.4 is 4.72 Å². The molecule has 1 heterocycles. The maximum Gasteiger partial charge on any atom is 0.317 e. The lowest BCUT2D eigenvalue weighted by molar-refractivity contribution is -0.180. The lowest BCUT2D eigenvalue weighted by Crippen LogP contribution is -2.49. The molecule has 1 saturated heterocycles. The minimum absolute atomic E-state index is 0.0321. The Bertz CT molecular complexity index is 1100. The Morgan fingerprint density at radius 1 is 1.00 bits per heavy atom. The number of ketones is 1. The van der Waals surface area contributed by atoms with Crippen molar-refractivity contribution < 1.29 is 22.7 Å². The topological polar surface area (TPSA) is 89.5 Å². The lowest BCUT2D eigenvalue weighted by Gasteiger charge is -2.40. The van der Waals surface area contributed by atoms with Gasteiger partial charge in [-0.1, -0.05) is 69.7 Å². The normalized spacial score (nSPS) is 21.4. The number of anilines is 1. The molecule has 35 heavy (non-hydrogen) atoms. The number of benzene rings is 2. The largest absolute Gasteiger partial charge is 0.458 e. The van der Waals surface area contributed by atoms with Crippen molar-refractivity contribution in [1.82, 2.24) is 0 Å². The summed E-state index contributed by atoms with van der Waals surface area (Å²) in [5.41, 5.74) is 1.58. The minimum Gasteiger partial charge on any atom is -0.458 e. The fourth-order valence-electron chi connectivity index (χ4n) is 5.13. The van der Waals surface area contributed by atoms with Gasteiger partial charge in [0.05, 0.1) is 5.75 Å². The van der Waals surface area contributed by atoms with Crippen molar-refractivity contribution in [2.24, 2.45) is 5.92 Å². The van der Waals surface area contributed by atoms with Gasteiger partial charge in [-0.25, -0.2) is 8.42 Å². The summed E-state index contributed by atoms with van der Waals surface area (Å²) in [6.45, 7) is 5.78. The summed E-state index contributed by atoms with van der Waals surface area (Å²) in [5, 5.41) is 0. The van der Waals surface area contributed by atoms with Gasteiger partial charge in [-0.15, -0.1) is 0 Å². The molecule has 1 aliphatic rings. The maximum atomic E-state index is 13.5. The molecule has 2 aromatic rings. The quantitative estimate of drug-likeness (QED) is 0.302. The molecular weight excluding hydrogens is 462 g/mol. The summed E-state index contributed by atoms with van der Waals surface area (Å²) in [6, 6.07) is 17.0. The minimum atomic E-state index is -3.44. The van der Waals surface area contributed by atoms with Crippen LogP contribution in [0.4, 0.5) is 5.69 Å². The predicted molar refractivity (Wildman–Crippen MR) is 139 cm³/mol. The zero-order valence-corrected chi connectivity index (χ0v) is 21.8. The molecule has 2 aromatic carbocycles. The van der Waals surface area contributed by atoms with E-state index < -0.39 is 27.5 Å². The molecule has 3 rings (SSSR count). The van der Waals surface area contributed by atoms with Crippen LogP contribution in [0.25, 0.3) is 0 Å². The molecule has 1 N–H and O–H groups in total. The third kappa shape index (κ3) is 6.94. The number of rotatable bonds is 12. The fraction of sp³-hybridized carbons (Fsp3) is 0.500. The molecule has 0 radical (unpaired) electrons. The summed E-state index contributed by atoms with van der Waals surface area (Å²) in [6.07, 6.45) is 4.10. The molecule has 3 atom stereocenters. The second-order valence-corrected chi connectivity index (χ2v) is 11.4. The van der Waals surface area contributed by atoms with Gasteiger partial charge in [0, 0.05) is 18.0 Å². The predicted octanol–water partition coefficient (Wildman–Crippen LogP) is 5.64. The van der Waals surface area contributed by atoms with Crippen LogP contribution in [0.3, 0.4) is 0 Å². The van der Waals surface area contributed by atoms with Gasteiger partial charge < -0.3 is 4.74 Å². The average molecular weight is 500 g/mol. The second-order valence-electron chi connectivity index (χ2n) is 9.52. The SMILES string of the molecule is CCCC1(CCc2ccccc2)CC(=O)C(C(CC)c2cccc(NS(=O)(=O)CCC)c2)C(=O)O1. The van der Waals surface area contributed by atoms with Crippen molar-refractivity contribution in [3.8, 4) is 0 Å². The first-order chi connectivity index (χ1) is 16.7. The van der Waals surface area contributed by atoms with E-state index in [2.05, 4.69) is 4.72 Å². The van der Waals surface area contributed by atoms with Gasteiger partial charge in [0.2, 0.25) is 10.0 Å². The molecule has 1 aliphatic heterocycles. The van der Waals surface area contributed by atoms with Crippen LogP contribution in [0.1, 0.15) is 76.3 Å². The van der Waals surface area contributed by atoms with E-state index in [-0.39, 0.29) is 23.9 Å². The maximum absolute atomic E-state index is 13.5. The number of ether oxygens (including phenoxy) is 1. The molecule has 0 aliphatic carbocycles. The number of cyclic esters (lactones) is 1. The second kappa shape index (κ2) is 11.8. The Balaban J connectivity index is 1.80. The monoisotopic (exact) mass is 499 g/mol. The summed E-state index contributed by atoms with van der Waals surface area (Å²) in [5.74, 6) is -1.79. The third-order valence-electron chi connectivity index (χ3n) is 6.74. The van der Waals surface area contributed by atoms with Gasteiger partial charge in [0.15, 0.2) is 5.78 Å². The smallest absolute Gasteiger partial charge is 0.317 e. The van der Waals surface area contributed by atoms with E-state index in [1.807, 2.05) is 57.2 Å². The Labute approximate surface area is 209 Å². The highest BCUT2D eigenvalue weighted by molar-refractivity contribution is 7.92. The van der Waals surface area contributed by atoms with Crippen LogP contribution in [0.5, 0.6) is 0 Å². The van der Waals surface area contributed by atoms with E-state index in [0.717, 1.165) is 24.0 Å². The number of carbonyl (C=O) groups excluding carboxylic acids is 2. The summed E-state index contributed by atoms with van der Waals surface area (Å²) in [7, 11) is -3.44. The van der Waals surface area contributed by atoms with Crippen molar-refractivity contribution in [2.45, 2.75) is 77.2 Å². The van der Waals surface area contributed by atoms with Crippen LogP contribution in [-0.4, -0.2) is 31.5 Å². The molecule has 7 heteroatoms. The van der Waals surface area contributed by atoms with Crippen molar-refractivity contribution in [3.63, 3.8) is 0 Å². The van der Waals surface area contributed by atoms with Crippen LogP contribution in [-0.2, 0) is 30.8 Å². The molecule has 0 spiro atoms. The van der Waals surface area contributed by atoms with Crippen molar-refractivity contribution in [3.05, 3.63) is 65.7 Å². The van der Waals surface area contributed by atoms with Gasteiger partial charge in [0.1, 0.15) is 11.5 Å². The van der Waals surface area contributed by atoms with Gasteiger partial charge in [-0.3, -0.25) is 14.3 Å². The van der Waals surface area contributed by atoms with Gasteiger partial charge in [0.25, 0.3) is 0 Å². The number of aryl methyl sites for hydroxylation is 1.